The number of ketones is 1. The van der Waals surface area contributed by atoms with Crippen LogP contribution in [0.2, 0.25) is 0 Å². The first-order valence-corrected chi connectivity index (χ1v) is 12.5. The summed E-state index contributed by atoms with van der Waals surface area (Å²) < 4.78 is 11.9. The molecule has 5 rings (SSSR count). The summed E-state index contributed by atoms with van der Waals surface area (Å²) in [6.45, 7) is 4.92. The molecule has 3 aromatic carbocycles. The molecule has 2 unspecified atom stereocenters. The first-order chi connectivity index (χ1) is 17.9. The summed E-state index contributed by atoms with van der Waals surface area (Å²) in [5.74, 6) is 1.00. The van der Waals surface area contributed by atoms with Crippen molar-refractivity contribution in [2.45, 2.75) is 45.3 Å². The van der Waals surface area contributed by atoms with E-state index in [1.54, 1.807) is 42.5 Å². The lowest BCUT2D eigenvalue weighted by Crippen LogP contribution is -2.44. The van der Waals surface area contributed by atoms with Crippen LogP contribution in [-0.4, -0.2) is 39.8 Å². The molecular weight excluding hydrogens is 468 g/mol. The normalized spacial score (nSPS) is 16.3. The van der Waals surface area contributed by atoms with Gasteiger partial charge in [-0.15, -0.1) is 0 Å². The van der Waals surface area contributed by atoms with E-state index in [4.69, 9.17) is 9.26 Å². The van der Waals surface area contributed by atoms with E-state index in [9.17, 15) is 15.0 Å². The van der Waals surface area contributed by atoms with E-state index in [2.05, 4.69) is 17.4 Å². The monoisotopic (exact) mass is 498 g/mol. The number of ether oxygens (including phenoxy) is 1. The molecule has 7 nitrogen and oxygen atoms in total. The highest BCUT2D eigenvalue weighted by Crippen LogP contribution is 2.37. The van der Waals surface area contributed by atoms with Crippen LogP contribution in [0.3, 0.4) is 0 Å². The predicted molar refractivity (Wildman–Crippen MR) is 141 cm³/mol. The molecule has 3 N–H and O–H groups in total. The molecule has 0 radical (unpaired) electrons. The van der Waals surface area contributed by atoms with Gasteiger partial charge in [0.1, 0.15) is 29.0 Å². The maximum absolute atomic E-state index is 13.9. The van der Waals surface area contributed by atoms with Gasteiger partial charge in [-0.25, -0.2) is 0 Å². The SMILES string of the molecule is Cc1cc(O)ccc1-c1noc(-c2ccc(O)cc2)c1C(=O)c1ccc(OC(C)C2CCCCN2)cc1. The molecule has 0 spiro atoms. The molecule has 1 aromatic heterocycles. The molecule has 190 valence electrons. The predicted octanol–water partition coefficient (Wildman–Crippen LogP) is 5.87. The van der Waals surface area contributed by atoms with Gasteiger partial charge in [0.2, 0.25) is 0 Å². The lowest BCUT2D eigenvalue weighted by atomic mass is 9.93. The maximum atomic E-state index is 13.9. The van der Waals surface area contributed by atoms with E-state index in [1.807, 2.05) is 19.1 Å². The van der Waals surface area contributed by atoms with Crippen molar-refractivity contribution in [3.8, 4) is 39.8 Å². The fourth-order valence-corrected chi connectivity index (χ4v) is 4.81. The van der Waals surface area contributed by atoms with Crippen molar-refractivity contribution in [1.29, 1.82) is 0 Å². The summed E-state index contributed by atoms with van der Waals surface area (Å²) in [5.41, 5.74) is 3.23. The van der Waals surface area contributed by atoms with Gasteiger partial charge in [0.25, 0.3) is 0 Å². The number of benzene rings is 3. The summed E-state index contributed by atoms with van der Waals surface area (Å²) in [7, 11) is 0. The van der Waals surface area contributed by atoms with Gasteiger partial charge in [0.15, 0.2) is 11.5 Å². The standard InChI is InChI=1S/C30H30N2O5/c1-18-17-23(34)12-15-25(18)28-27(30(37-32-28)21-6-10-22(33)11-7-21)29(35)20-8-13-24(14-9-20)36-19(2)26-5-3-4-16-31-26/h6-15,17,19,26,31,33-34H,3-5,16H2,1-2H3. The highest BCUT2D eigenvalue weighted by atomic mass is 16.5. The van der Waals surface area contributed by atoms with Crippen molar-refractivity contribution in [3.63, 3.8) is 0 Å². The number of hydrogen-bond acceptors (Lipinski definition) is 7. The average molecular weight is 499 g/mol. The highest BCUT2D eigenvalue weighted by molar-refractivity contribution is 6.15. The number of hydrogen-bond donors (Lipinski definition) is 3. The second kappa shape index (κ2) is 10.5. The molecule has 1 saturated heterocycles. The number of nitrogens with one attached hydrogen (secondary N) is 1. The second-order valence-corrected chi connectivity index (χ2v) is 9.51. The smallest absolute Gasteiger partial charge is 0.199 e. The number of carbonyl (C=O) groups is 1. The molecule has 1 aliphatic heterocycles. The third-order valence-electron chi connectivity index (χ3n) is 6.87. The molecule has 2 atom stereocenters. The Kier molecular flexibility index (Phi) is 6.97. The van der Waals surface area contributed by atoms with Crippen LogP contribution in [0.4, 0.5) is 0 Å². The molecule has 2 heterocycles. The average Bonchev–Trinajstić information content (AvgIpc) is 3.34. The van der Waals surface area contributed by atoms with Crippen molar-refractivity contribution >= 4 is 5.78 Å². The zero-order valence-electron chi connectivity index (χ0n) is 20.9. The Morgan fingerprint density at radius 3 is 2.43 bits per heavy atom. The molecule has 0 saturated carbocycles. The van der Waals surface area contributed by atoms with E-state index in [-0.39, 0.29) is 23.4 Å². The van der Waals surface area contributed by atoms with Crippen LogP contribution in [0.1, 0.15) is 47.7 Å². The lowest BCUT2D eigenvalue weighted by Gasteiger charge is -2.29. The topological polar surface area (TPSA) is 105 Å². The number of phenolic OH excluding ortho intramolecular Hbond substituents is 2. The minimum atomic E-state index is -0.250. The zero-order chi connectivity index (χ0) is 25.9. The molecule has 1 fully saturated rings. The van der Waals surface area contributed by atoms with Gasteiger partial charge in [0.05, 0.1) is 5.56 Å². The van der Waals surface area contributed by atoms with Crippen molar-refractivity contribution in [1.82, 2.24) is 10.5 Å². The Bertz CT molecular complexity index is 1390. The van der Waals surface area contributed by atoms with Gasteiger partial charge in [-0.3, -0.25) is 4.79 Å². The number of carbonyl (C=O) groups excluding carboxylic acids is 1. The van der Waals surface area contributed by atoms with E-state index in [1.165, 1.54) is 25.0 Å². The Labute approximate surface area is 215 Å². The fraction of sp³-hybridized carbons (Fsp3) is 0.267. The summed E-state index contributed by atoms with van der Waals surface area (Å²) in [6.07, 6.45) is 3.50. The minimum Gasteiger partial charge on any atom is -0.508 e. The molecule has 7 heteroatoms. The summed E-state index contributed by atoms with van der Waals surface area (Å²) in [5, 5.41) is 27.4. The number of aromatic hydroxyl groups is 2. The second-order valence-electron chi connectivity index (χ2n) is 9.51. The largest absolute Gasteiger partial charge is 0.508 e. The molecule has 0 bridgehead atoms. The Balaban J connectivity index is 1.48. The molecule has 37 heavy (non-hydrogen) atoms. The Hall–Kier alpha value is -4.10. The highest BCUT2D eigenvalue weighted by Gasteiger charge is 2.27. The third kappa shape index (κ3) is 5.22. The van der Waals surface area contributed by atoms with Crippen molar-refractivity contribution in [2.24, 2.45) is 0 Å². The molecule has 4 aromatic rings. The van der Waals surface area contributed by atoms with Crippen molar-refractivity contribution < 1.29 is 24.3 Å². The number of rotatable bonds is 7. The van der Waals surface area contributed by atoms with Crippen LogP contribution in [0.25, 0.3) is 22.6 Å². The first-order valence-electron chi connectivity index (χ1n) is 12.5. The van der Waals surface area contributed by atoms with Crippen LogP contribution in [0.5, 0.6) is 17.2 Å². The summed E-state index contributed by atoms with van der Waals surface area (Å²) in [4.78, 5) is 13.9. The molecule has 0 aliphatic carbocycles. The Morgan fingerprint density at radius 1 is 1.03 bits per heavy atom. The van der Waals surface area contributed by atoms with Crippen LogP contribution in [0, 0.1) is 6.92 Å². The Morgan fingerprint density at radius 2 is 1.76 bits per heavy atom. The number of piperidine rings is 1. The van der Waals surface area contributed by atoms with Crippen LogP contribution < -0.4 is 10.1 Å². The number of nitrogens with zero attached hydrogens (tertiary/aromatic N) is 1. The van der Waals surface area contributed by atoms with Gasteiger partial charge in [-0.1, -0.05) is 11.6 Å². The van der Waals surface area contributed by atoms with Crippen LogP contribution >= 0.6 is 0 Å². The summed E-state index contributed by atoms with van der Waals surface area (Å²) >= 11 is 0. The quantitative estimate of drug-likeness (QED) is 0.274. The van der Waals surface area contributed by atoms with Crippen LogP contribution in [-0.2, 0) is 0 Å². The van der Waals surface area contributed by atoms with Gasteiger partial charge >= 0.3 is 0 Å². The van der Waals surface area contributed by atoms with E-state index in [0.29, 0.717) is 45.5 Å². The third-order valence-corrected chi connectivity index (χ3v) is 6.87. The maximum Gasteiger partial charge on any atom is 0.199 e. The van der Waals surface area contributed by atoms with Crippen LogP contribution in [0.15, 0.2) is 71.3 Å². The number of aromatic nitrogens is 1. The van der Waals surface area contributed by atoms with E-state index < -0.39 is 0 Å². The van der Waals surface area contributed by atoms with Gasteiger partial charge in [0, 0.05) is 22.7 Å². The van der Waals surface area contributed by atoms with Gasteiger partial charge in [-0.2, -0.15) is 0 Å². The van der Waals surface area contributed by atoms with Crippen molar-refractivity contribution in [2.75, 3.05) is 6.54 Å². The van der Waals surface area contributed by atoms with Gasteiger partial charge in [-0.05, 0) is 106 Å². The van der Waals surface area contributed by atoms with Gasteiger partial charge < -0.3 is 24.8 Å². The zero-order valence-corrected chi connectivity index (χ0v) is 20.9. The number of phenols is 2. The lowest BCUT2D eigenvalue weighted by molar-refractivity contribution is 0.103. The fourth-order valence-electron chi connectivity index (χ4n) is 4.81. The minimum absolute atomic E-state index is 0.0186. The van der Waals surface area contributed by atoms with E-state index in [0.717, 1.165) is 18.5 Å². The molecular formula is C30H30N2O5. The number of aryl methyl sites for hydroxylation is 1. The van der Waals surface area contributed by atoms with E-state index >= 15 is 0 Å². The first kappa shape index (κ1) is 24.6. The molecule has 0 amide bonds. The molecule has 1 aliphatic rings. The van der Waals surface area contributed by atoms with Crippen molar-refractivity contribution in [3.05, 3.63) is 83.4 Å². The summed E-state index contributed by atoms with van der Waals surface area (Å²) in [6, 6.07) is 18.8.